The monoisotopic (exact) mass is 234 g/mol. The normalized spacial score (nSPS) is 13.6. The second-order valence-electron chi connectivity index (χ2n) is 3.39. The Balaban J connectivity index is 2.87. The average Bonchev–Trinajstić information content (AvgIpc) is 2.60. The van der Waals surface area contributed by atoms with Gasteiger partial charge in [0.15, 0.2) is 5.78 Å². The smallest absolute Gasteiger partial charge is 0.450 e. The van der Waals surface area contributed by atoms with Gasteiger partial charge in [0.2, 0.25) is 5.78 Å². The fraction of sp³-hybridized carbons (Fsp3) is 0.400. The van der Waals surface area contributed by atoms with Gasteiger partial charge in [-0.25, -0.2) is 0 Å². The van der Waals surface area contributed by atoms with Crippen molar-refractivity contribution in [2.45, 2.75) is 20.0 Å². The van der Waals surface area contributed by atoms with Gasteiger partial charge in [-0.2, -0.15) is 13.2 Å². The summed E-state index contributed by atoms with van der Waals surface area (Å²) in [6.45, 7) is 2.48. The predicted octanol–water partition coefficient (Wildman–Crippen LogP) is 2.54. The Hall–Kier alpha value is -1.59. The molecule has 1 heterocycles. The molecule has 6 heteroatoms. The number of Topliss-reactive ketones (excluding diaryl/α,β-unsaturated/α-hetero) is 2. The van der Waals surface area contributed by atoms with E-state index in [9.17, 15) is 22.8 Å². The Morgan fingerprint density at radius 1 is 1.38 bits per heavy atom. The van der Waals surface area contributed by atoms with E-state index in [1.54, 1.807) is 6.92 Å². The molecule has 0 aliphatic rings. The van der Waals surface area contributed by atoms with Gasteiger partial charge in [0.05, 0.1) is 11.5 Å². The number of hydrogen-bond donors (Lipinski definition) is 0. The van der Waals surface area contributed by atoms with Crippen molar-refractivity contribution in [2.75, 3.05) is 0 Å². The first-order chi connectivity index (χ1) is 7.23. The lowest BCUT2D eigenvalue weighted by Gasteiger charge is -2.10. The number of alkyl halides is 3. The van der Waals surface area contributed by atoms with Crippen LogP contribution in [0.15, 0.2) is 16.7 Å². The summed E-state index contributed by atoms with van der Waals surface area (Å²) in [6, 6.07) is 1.29. The van der Waals surface area contributed by atoms with Crippen molar-refractivity contribution < 1.29 is 27.2 Å². The van der Waals surface area contributed by atoms with E-state index >= 15 is 0 Å². The third kappa shape index (κ3) is 2.50. The summed E-state index contributed by atoms with van der Waals surface area (Å²) in [5.74, 6) is -4.28. The second-order valence-corrected chi connectivity index (χ2v) is 3.39. The van der Waals surface area contributed by atoms with Crippen LogP contribution < -0.4 is 0 Å². The summed E-state index contributed by atoms with van der Waals surface area (Å²) in [5, 5.41) is 0. The highest BCUT2D eigenvalue weighted by Gasteiger charge is 2.44. The molecule has 0 radical (unpaired) electrons. The molecule has 0 bridgehead atoms. The first-order valence-electron chi connectivity index (χ1n) is 4.44. The zero-order valence-corrected chi connectivity index (χ0v) is 8.59. The van der Waals surface area contributed by atoms with Crippen LogP contribution in [0.25, 0.3) is 0 Å². The van der Waals surface area contributed by atoms with E-state index in [2.05, 4.69) is 0 Å². The highest BCUT2D eigenvalue weighted by molar-refractivity contribution is 6.11. The molecule has 0 aromatic carbocycles. The number of halogens is 3. The van der Waals surface area contributed by atoms with Crippen molar-refractivity contribution in [1.82, 2.24) is 0 Å². The van der Waals surface area contributed by atoms with Crippen molar-refractivity contribution in [3.05, 3.63) is 23.7 Å². The molecular formula is C10H9F3O3. The zero-order chi connectivity index (χ0) is 12.5. The number of ketones is 2. The van der Waals surface area contributed by atoms with E-state index in [4.69, 9.17) is 4.42 Å². The quantitative estimate of drug-likeness (QED) is 0.596. The maximum Gasteiger partial charge on any atom is 0.450 e. The average molecular weight is 234 g/mol. The summed E-state index contributed by atoms with van der Waals surface area (Å²) in [6.07, 6.45) is -3.95. The highest BCUT2D eigenvalue weighted by Crippen LogP contribution is 2.23. The van der Waals surface area contributed by atoms with E-state index in [1.807, 2.05) is 0 Å². The van der Waals surface area contributed by atoms with Crippen LogP contribution >= 0.6 is 0 Å². The SMILES string of the molecule is Cc1cc(C(=O)C(C)C(=O)C(F)(F)F)co1. The Kier molecular flexibility index (Phi) is 3.21. The molecule has 0 aliphatic heterocycles. The van der Waals surface area contributed by atoms with Crippen LogP contribution in [0.1, 0.15) is 23.0 Å². The minimum Gasteiger partial charge on any atom is -0.469 e. The fourth-order valence-electron chi connectivity index (χ4n) is 1.19. The lowest BCUT2D eigenvalue weighted by atomic mass is 9.97. The molecule has 3 nitrogen and oxygen atoms in total. The molecule has 16 heavy (non-hydrogen) atoms. The van der Waals surface area contributed by atoms with Gasteiger partial charge in [-0.1, -0.05) is 0 Å². The maximum atomic E-state index is 12.1. The molecule has 88 valence electrons. The molecule has 0 aliphatic carbocycles. The summed E-state index contributed by atoms with van der Waals surface area (Å²) < 4.78 is 41.0. The Morgan fingerprint density at radius 3 is 2.31 bits per heavy atom. The molecule has 0 saturated carbocycles. The number of carbonyl (C=O) groups excluding carboxylic acids is 2. The van der Waals surface area contributed by atoms with Crippen molar-refractivity contribution >= 4 is 11.6 Å². The van der Waals surface area contributed by atoms with Crippen LogP contribution in [-0.2, 0) is 4.79 Å². The minimum atomic E-state index is -4.99. The third-order valence-electron chi connectivity index (χ3n) is 2.08. The number of furan rings is 1. The van der Waals surface area contributed by atoms with Crippen molar-refractivity contribution in [3.63, 3.8) is 0 Å². The largest absolute Gasteiger partial charge is 0.469 e. The molecule has 1 unspecified atom stereocenters. The third-order valence-corrected chi connectivity index (χ3v) is 2.08. The first kappa shape index (κ1) is 12.5. The molecular weight excluding hydrogens is 225 g/mol. The van der Waals surface area contributed by atoms with Crippen LogP contribution in [0.4, 0.5) is 13.2 Å². The van der Waals surface area contributed by atoms with Gasteiger partial charge in [0.1, 0.15) is 12.0 Å². The van der Waals surface area contributed by atoms with E-state index in [0.717, 1.165) is 13.2 Å². The Morgan fingerprint density at radius 2 is 1.94 bits per heavy atom. The summed E-state index contributed by atoms with van der Waals surface area (Å²) in [7, 11) is 0. The molecule has 0 amide bonds. The predicted molar refractivity (Wildman–Crippen MR) is 48.0 cm³/mol. The molecule has 1 aromatic rings. The summed E-state index contributed by atoms with van der Waals surface area (Å²) >= 11 is 0. The van der Waals surface area contributed by atoms with Gasteiger partial charge in [-0.3, -0.25) is 9.59 Å². The molecule has 0 spiro atoms. The van der Waals surface area contributed by atoms with Crippen LogP contribution in [0.2, 0.25) is 0 Å². The topological polar surface area (TPSA) is 47.3 Å². The lowest BCUT2D eigenvalue weighted by molar-refractivity contribution is -0.173. The van der Waals surface area contributed by atoms with Gasteiger partial charge >= 0.3 is 6.18 Å². The van der Waals surface area contributed by atoms with Crippen LogP contribution in [0, 0.1) is 12.8 Å². The molecule has 1 atom stereocenters. The molecule has 0 fully saturated rings. The summed E-state index contributed by atoms with van der Waals surface area (Å²) in [5.41, 5.74) is -0.0254. The number of carbonyl (C=O) groups is 2. The molecule has 1 aromatic heterocycles. The Bertz CT molecular complexity index is 417. The number of hydrogen-bond acceptors (Lipinski definition) is 3. The molecule has 0 saturated heterocycles. The van der Waals surface area contributed by atoms with Crippen molar-refractivity contribution in [2.24, 2.45) is 5.92 Å². The second kappa shape index (κ2) is 4.11. The molecule has 0 N–H and O–H groups in total. The summed E-state index contributed by atoms with van der Waals surface area (Å²) in [4.78, 5) is 22.3. The minimum absolute atomic E-state index is 0.0254. The standard InChI is InChI=1S/C10H9F3O3/c1-5-3-7(4-16-5)8(14)6(2)9(15)10(11,12)13/h3-4,6H,1-2H3. The number of aryl methyl sites for hydroxylation is 1. The first-order valence-corrected chi connectivity index (χ1v) is 4.44. The van der Waals surface area contributed by atoms with Gasteiger partial charge in [0.25, 0.3) is 0 Å². The van der Waals surface area contributed by atoms with Gasteiger partial charge < -0.3 is 4.42 Å². The number of rotatable bonds is 3. The van der Waals surface area contributed by atoms with Crippen LogP contribution in [0.3, 0.4) is 0 Å². The van der Waals surface area contributed by atoms with E-state index in [1.165, 1.54) is 6.07 Å². The van der Waals surface area contributed by atoms with Crippen LogP contribution in [-0.4, -0.2) is 17.7 Å². The van der Waals surface area contributed by atoms with E-state index in [0.29, 0.717) is 5.76 Å². The van der Waals surface area contributed by atoms with Crippen LogP contribution in [0.5, 0.6) is 0 Å². The van der Waals surface area contributed by atoms with Crippen molar-refractivity contribution in [1.29, 1.82) is 0 Å². The van der Waals surface area contributed by atoms with E-state index < -0.39 is 23.7 Å². The fourth-order valence-corrected chi connectivity index (χ4v) is 1.19. The van der Waals surface area contributed by atoms with Gasteiger partial charge in [0, 0.05) is 0 Å². The van der Waals surface area contributed by atoms with Gasteiger partial charge in [-0.15, -0.1) is 0 Å². The van der Waals surface area contributed by atoms with Crippen molar-refractivity contribution in [3.8, 4) is 0 Å². The lowest BCUT2D eigenvalue weighted by Crippen LogP contribution is -2.33. The van der Waals surface area contributed by atoms with Gasteiger partial charge in [-0.05, 0) is 19.9 Å². The highest BCUT2D eigenvalue weighted by atomic mass is 19.4. The zero-order valence-electron chi connectivity index (χ0n) is 8.59. The Labute approximate surface area is 89.2 Å². The molecule has 1 rings (SSSR count). The van der Waals surface area contributed by atoms with E-state index in [-0.39, 0.29) is 5.56 Å². The maximum absolute atomic E-state index is 12.1.